The third-order valence-corrected chi connectivity index (χ3v) is 5.25. The zero-order valence-electron chi connectivity index (χ0n) is 14.5. The Balaban J connectivity index is 1.20. The zero-order chi connectivity index (χ0) is 17.1. The van der Waals surface area contributed by atoms with Crippen molar-refractivity contribution < 1.29 is 9.32 Å². The molecule has 1 aromatic heterocycles. The largest absolute Gasteiger partial charge is 0.360 e. The van der Waals surface area contributed by atoms with Gasteiger partial charge in [-0.3, -0.25) is 9.69 Å². The van der Waals surface area contributed by atoms with E-state index in [4.69, 9.17) is 4.52 Å². The average Bonchev–Trinajstić information content (AvgIpc) is 3.38. The smallest absolute Gasteiger partial charge is 0.273 e. The van der Waals surface area contributed by atoms with Crippen LogP contribution in [0.2, 0.25) is 0 Å². The summed E-state index contributed by atoms with van der Waals surface area (Å²) in [6.07, 6.45) is 4.55. The van der Waals surface area contributed by atoms with E-state index in [2.05, 4.69) is 45.7 Å². The van der Waals surface area contributed by atoms with Gasteiger partial charge in [-0.1, -0.05) is 35.5 Å². The number of rotatable bonds is 6. The molecule has 4 rings (SSSR count). The summed E-state index contributed by atoms with van der Waals surface area (Å²) in [5.41, 5.74) is 1.79. The Hall–Kier alpha value is -2.14. The van der Waals surface area contributed by atoms with Crippen LogP contribution in [0.1, 0.15) is 53.4 Å². The maximum Gasteiger partial charge on any atom is 0.273 e. The van der Waals surface area contributed by atoms with Crippen LogP contribution in [-0.2, 0) is 6.54 Å². The molecule has 5 nitrogen and oxygen atoms in total. The van der Waals surface area contributed by atoms with Gasteiger partial charge in [0.05, 0.1) is 0 Å². The number of carbonyl (C=O) groups excluding carboxylic acids is 1. The molecule has 132 valence electrons. The van der Waals surface area contributed by atoms with Gasteiger partial charge in [0.25, 0.3) is 5.91 Å². The second-order valence-corrected chi connectivity index (χ2v) is 7.30. The number of aromatic nitrogens is 1. The summed E-state index contributed by atoms with van der Waals surface area (Å²) in [5, 5.41) is 6.93. The molecule has 2 aromatic rings. The molecule has 1 amide bonds. The van der Waals surface area contributed by atoms with Crippen molar-refractivity contribution in [2.24, 2.45) is 5.92 Å². The lowest BCUT2D eigenvalue weighted by Gasteiger charge is -2.32. The standard InChI is InChI=1S/C20H25N3O2/c24-20(18-12-19(25-22-18)17-6-7-17)21-13-15-8-10-23(11-9-15)14-16-4-2-1-3-5-16/h1-5,12,15,17H,6-11,13-14H2,(H,21,24). The second-order valence-electron chi connectivity index (χ2n) is 7.30. The first-order valence-electron chi connectivity index (χ1n) is 9.29. The van der Waals surface area contributed by atoms with Gasteiger partial charge in [0.2, 0.25) is 0 Å². The van der Waals surface area contributed by atoms with Crippen LogP contribution in [0.5, 0.6) is 0 Å². The first kappa shape index (κ1) is 16.3. The Labute approximate surface area is 148 Å². The number of carbonyl (C=O) groups is 1. The van der Waals surface area contributed by atoms with Crippen LogP contribution in [0.4, 0.5) is 0 Å². The van der Waals surface area contributed by atoms with Crippen molar-refractivity contribution in [2.45, 2.75) is 38.1 Å². The van der Waals surface area contributed by atoms with Gasteiger partial charge in [-0.15, -0.1) is 0 Å². The van der Waals surface area contributed by atoms with E-state index in [-0.39, 0.29) is 5.91 Å². The lowest BCUT2D eigenvalue weighted by molar-refractivity contribution is 0.0926. The molecule has 0 bridgehead atoms. The third-order valence-electron chi connectivity index (χ3n) is 5.25. The van der Waals surface area contributed by atoms with Crippen LogP contribution >= 0.6 is 0 Å². The van der Waals surface area contributed by atoms with Gasteiger partial charge in [-0.25, -0.2) is 0 Å². The van der Waals surface area contributed by atoms with E-state index in [9.17, 15) is 4.79 Å². The van der Waals surface area contributed by atoms with E-state index in [1.54, 1.807) is 6.07 Å². The summed E-state index contributed by atoms with van der Waals surface area (Å²) in [7, 11) is 0. The van der Waals surface area contributed by atoms with Crippen LogP contribution in [0.25, 0.3) is 0 Å². The van der Waals surface area contributed by atoms with E-state index >= 15 is 0 Å². The van der Waals surface area contributed by atoms with Crippen LogP contribution in [-0.4, -0.2) is 35.6 Å². The number of piperidine rings is 1. The minimum atomic E-state index is -0.109. The Bertz CT molecular complexity index is 701. The van der Waals surface area contributed by atoms with Crippen LogP contribution in [0.15, 0.2) is 40.9 Å². The van der Waals surface area contributed by atoms with Crippen molar-refractivity contribution in [3.05, 3.63) is 53.4 Å². The number of nitrogens with one attached hydrogen (secondary N) is 1. The van der Waals surface area contributed by atoms with Crippen LogP contribution in [0, 0.1) is 5.92 Å². The molecule has 1 saturated heterocycles. The highest BCUT2D eigenvalue weighted by Gasteiger charge is 2.29. The fourth-order valence-corrected chi connectivity index (χ4v) is 3.47. The fraction of sp³-hybridized carbons (Fsp3) is 0.500. The van der Waals surface area contributed by atoms with Gasteiger partial charge in [0.1, 0.15) is 5.76 Å². The number of benzene rings is 1. The number of nitrogens with zero attached hydrogens (tertiary/aromatic N) is 2. The van der Waals surface area contributed by atoms with E-state index in [0.29, 0.717) is 17.5 Å². The molecule has 1 saturated carbocycles. The molecule has 0 unspecified atom stereocenters. The monoisotopic (exact) mass is 339 g/mol. The Morgan fingerprint density at radius 2 is 1.92 bits per heavy atom. The van der Waals surface area contributed by atoms with Crippen LogP contribution in [0.3, 0.4) is 0 Å². The molecular formula is C20H25N3O2. The normalized spacial score (nSPS) is 19.0. The highest BCUT2D eigenvalue weighted by atomic mass is 16.5. The van der Waals surface area contributed by atoms with Gasteiger partial charge in [0.15, 0.2) is 5.69 Å². The summed E-state index contributed by atoms with van der Waals surface area (Å²) in [6.45, 7) is 3.92. The summed E-state index contributed by atoms with van der Waals surface area (Å²) >= 11 is 0. The minimum Gasteiger partial charge on any atom is -0.360 e. The van der Waals surface area contributed by atoms with Crippen molar-refractivity contribution in [3.63, 3.8) is 0 Å². The SMILES string of the molecule is O=C(NCC1CCN(Cc2ccccc2)CC1)c1cc(C2CC2)on1. The molecule has 1 N–H and O–H groups in total. The summed E-state index contributed by atoms with van der Waals surface area (Å²) in [5.74, 6) is 1.79. The number of likely N-dealkylation sites (tertiary alicyclic amines) is 1. The summed E-state index contributed by atoms with van der Waals surface area (Å²) in [6, 6.07) is 12.4. The molecule has 2 fully saturated rings. The molecule has 5 heteroatoms. The minimum absolute atomic E-state index is 0.109. The molecule has 2 heterocycles. The van der Waals surface area contributed by atoms with Crippen molar-refractivity contribution in [3.8, 4) is 0 Å². The van der Waals surface area contributed by atoms with Crippen molar-refractivity contribution in [2.75, 3.05) is 19.6 Å². The first-order valence-corrected chi connectivity index (χ1v) is 9.29. The van der Waals surface area contributed by atoms with Gasteiger partial charge >= 0.3 is 0 Å². The first-order chi connectivity index (χ1) is 12.3. The van der Waals surface area contributed by atoms with Gasteiger partial charge < -0.3 is 9.84 Å². The third kappa shape index (κ3) is 4.28. The number of hydrogen-bond donors (Lipinski definition) is 1. The van der Waals surface area contributed by atoms with E-state index < -0.39 is 0 Å². The average molecular weight is 339 g/mol. The van der Waals surface area contributed by atoms with Crippen molar-refractivity contribution in [1.82, 2.24) is 15.4 Å². The summed E-state index contributed by atoms with van der Waals surface area (Å²) in [4.78, 5) is 14.7. The summed E-state index contributed by atoms with van der Waals surface area (Å²) < 4.78 is 5.25. The van der Waals surface area contributed by atoms with Crippen LogP contribution < -0.4 is 5.32 Å². The Kier molecular flexibility index (Phi) is 4.83. The molecule has 2 aliphatic rings. The molecule has 25 heavy (non-hydrogen) atoms. The molecular weight excluding hydrogens is 314 g/mol. The lowest BCUT2D eigenvalue weighted by atomic mass is 9.96. The van der Waals surface area contributed by atoms with Crippen molar-refractivity contribution in [1.29, 1.82) is 0 Å². The number of hydrogen-bond acceptors (Lipinski definition) is 4. The lowest BCUT2D eigenvalue weighted by Crippen LogP contribution is -2.38. The number of amides is 1. The molecule has 0 radical (unpaired) electrons. The predicted octanol–water partition coefficient (Wildman–Crippen LogP) is 3.19. The van der Waals surface area contributed by atoms with E-state index in [0.717, 1.165) is 57.6 Å². The quantitative estimate of drug-likeness (QED) is 0.878. The molecule has 1 aromatic carbocycles. The van der Waals surface area contributed by atoms with E-state index in [1.807, 2.05) is 0 Å². The highest BCUT2D eigenvalue weighted by molar-refractivity contribution is 5.92. The maximum atomic E-state index is 12.2. The topological polar surface area (TPSA) is 58.4 Å². The molecule has 0 atom stereocenters. The molecule has 1 aliphatic heterocycles. The Morgan fingerprint density at radius 3 is 2.64 bits per heavy atom. The Morgan fingerprint density at radius 1 is 1.16 bits per heavy atom. The highest BCUT2D eigenvalue weighted by Crippen LogP contribution is 2.40. The molecule has 1 aliphatic carbocycles. The van der Waals surface area contributed by atoms with Gasteiger partial charge in [0, 0.05) is 25.1 Å². The second kappa shape index (κ2) is 7.40. The van der Waals surface area contributed by atoms with E-state index in [1.165, 1.54) is 5.56 Å². The predicted molar refractivity (Wildman–Crippen MR) is 95.3 cm³/mol. The maximum absolute atomic E-state index is 12.2. The van der Waals surface area contributed by atoms with Gasteiger partial charge in [-0.05, 0) is 50.3 Å². The zero-order valence-corrected chi connectivity index (χ0v) is 14.5. The van der Waals surface area contributed by atoms with Crippen molar-refractivity contribution >= 4 is 5.91 Å². The van der Waals surface area contributed by atoms with Gasteiger partial charge in [-0.2, -0.15) is 0 Å². The fourth-order valence-electron chi connectivity index (χ4n) is 3.47. The molecule has 0 spiro atoms.